The lowest BCUT2D eigenvalue weighted by Gasteiger charge is -2.38. The van der Waals surface area contributed by atoms with Crippen molar-refractivity contribution in [3.05, 3.63) is 0 Å². The van der Waals surface area contributed by atoms with Crippen LogP contribution in [0.15, 0.2) is 0 Å². The summed E-state index contributed by atoms with van der Waals surface area (Å²) in [7, 11) is 2.08. The van der Waals surface area contributed by atoms with Gasteiger partial charge in [-0.1, -0.05) is 20.8 Å². The molecule has 0 aromatic carbocycles. The van der Waals surface area contributed by atoms with Crippen molar-refractivity contribution in [3.63, 3.8) is 0 Å². The van der Waals surface area contributed by atoms with Gasteiger partial charge in [-0.05, 0) is 57.7 Å². The van der Waals surface area contributed by atoms with E-state index in [9.17, 15) is 0 Å². The van der Waals surface area contributed by atoms with E-state index < -0.39 is 0 Å². The number of hydrogen-bond donors (Lipinski definition) is 1. The number of piperidine rings is 1. The van der Waals surface area contributed by atoms with Gasteiger partial charge in [0.05, 0.1) is 0 Å². The number of hydrogen-bond acceptors (Lipinski definition) is 2. The van der Waals surface area contributed by atoms with Crippen LogP contribution in [0.5, 0.6) is 0 Å². The van der Waals surface area contributed by atoms with E-state index in [0.717, 1.165) is 6.04 Å². The van der Waals surface area contributed by atoms with Crippen molar-refractivity contribution in [1.29, 1.82) is 0 Å². The van der Waals surface area contributed by atoms with Gasteiger partial charge in [-0.3, -0.25) is 0 Å². The minimum atomic E-state index is 0.547. The molecule has 0 saturated carbocycles. The molecule has 1 aliphatic rings. The first-order valence-corrected chi connectivity index (χ1v) is 6.97. The van der Waals surface area contributed by atoms with Crippen LogP contribution in [0.3, 0.4) is 0 Å². The molecule has 1 atom stereocenters. The van der Waals surface area contributed by atoms with Crippen LogP contribution in [-0.4, -0.2) is 37.6 Å². The van der Waals surface area contributed by atoms with Crippen molar-refractivity contribution < 1.29 is 0 Å². The molecule has 0 radical (unpaired) electrons. The number of rotatable bonds is 6. The molecule has 16 heavy (non-hydrogen) atoms. The maximum atomic E-state index is 3.39. The Balaban J connectivity index is 2.17. The molecular formula is C14H30N2. The molecule has 0 amide bonds. The Labute approximate surface area is 102 Å². The van der Waals surface area contributed by atoms with Crippen LogP contribution in [0.25, 0.3) is 0 Å². The fraction of sp³-hybridized carbons (Fsp3) is 1.00. The molecule has 0 bridgehead atoms. The monoisotopic (exact) mass is 226 g/mol. The van der Waals surface area contributed by atoms with Gasteiger partial charge in [0.15, 0.2) is 0 Å². The highest BCUT2D eigenvalue weighted by molar-refractivity contribution is 4.79. The fourth-order valence-electron chi connectivity index (χ4n) is 2.85. The Hall–Kier alpha value is -0.0800. The Kier molecular flexibility index (Phi) is 5.77. The molecule has 1 rings (SSSR count). The molecule has 1 saturated heterocycles. The van der Waals surface area contributed by atoms with Gasteiger partial charge in [0, 0.05) is 12.6 Å². The van der Waals surface area contributed by atoms with Crippen LogP contribution in [0.4, 0.5) is 0 Å². The average molecular weight is 226 g/mol. The zero-order chi connectivity index (χ0) is 12.0. The average Bonchev–Trinajstić information content (AvgIpc) is 2.23. The summed E-state index contributed by atoms with van der Waals surface area (Å²) in [4.78, 5) is 2.66. The molecular weight excluding hydrogens is 196 g/mol. The molecule has 2 nitrogen and oxygen atoms in total. The SMILES string of the molecule is CCC(CCCN1CCCC(C)(C)C1)NC. The van der Waals surface area contributed by atoms with Crippen LogP contribution in [-0.2, 0) is 0 Å². The van der Waals surface area contributed by atoms with E-state index in [1.807, 2.05) is 0 Å². The molecule has 1 heterocycles. The van der Waals surface area contributed by atoms with Gasteiger partial charge >= 0.3 is 0 Å². The topological polar surface area (TPSA) is 15.3 Å². The van der Waals surface area contributed by atoms with Gasteiger partial charge in [-0.2, -0.15) is 0 Å². The van der Waals surface area contributed by atoms with E-state index in [4.69, 9.17) is 0 Å². The van der Waals surface area contributed by atoms with E-state index in [1.165, 1.54) is 51.7 Å². The summed E-state index contributed by atoms with van der Waals surface area (Å²) in [5, 5.41) is 3.39. The third-order valence-electron chi connectivity index (χ3n) is 3.91. The van der Waals surface area contributed by atoms with Crippen molar-refractivity contribution >= 4 is 0 Å². The van der Waals surface area contributed by atoms with Gasteiger partial charge in [0.1, 0.15) is 0 Å². The van der Waals surface area contributed by atoms with E-state index in [1.54, 1.807) is 0 Å². The Bertz CT molecular complexity index is 185. The molecule has 1 unspecified atom stereocenters. The summed E-state index contributed by atoms with van der Waals surface area (Å²) in [6.45, 7) is 11.0. The van der Waals surface area contributed by atoms with Crippen LogP contribution in [0.2, 0.25) is 0 Å². The lowest BCUT2D eigenvalue weighted by atomic mass is 9.84. The van der Waals surface area contributed by atoms with E-state index >= 15 is 0 Å². The quantitative estimate of drug-likeness (QED) is 0.749. The third kappa shape index (κ3) is 4.84. The molecule has 2 heteroatoms. The zero-order valence-electron chi connectivity index (χ0n) is 11.7. The minimum Gasteiger partial charge on any atom is -0.317 e. The van der Waals surface area contributed by atoms with Gasteiger partial charge in [0.2, 0.25) is 0 Å². The first-order chi connectivity index (χ1) is 7.57. The predicted octanol–water partition coefficient (Wildman–Crippen LogP) is 2.89. The smallest absolute Gasteiger partial charge is 0.00619 e. The third-order valence-corrected chi connectivity index (χ3v) is 3.91. The molecule has 1 fully saturated rings. The summed E-state index contributed by atoms with van der Waals surface area (Å²) in [5.74, 6) is 0. The second-order valence-corrected chi connectivity index (χ2v) is 6.08. The first kappa shape index (κ1) is 14.0. The molecule has 0 aromatic heterocycles. The van der Waals surface area contributed by atoms with Crippen LogP contribution >= 0.6 is 0 Å². The van der Waals surface area contributed by atoms with Gasteiger partial charge < -0.3 is 10.2 Å². The number of likely N-dealkylation sites (tertiary alicyclic amines) is 1. The molecule has 0 aliphatic carbocycles. The number of nitrogens with one attached hydrogen (secondary N) is 1. The molecule has 1 aliphatic heterocycles. The normalized spacial score (nSPS) is 23.2. The molecule has 0 aromatic rings. The van der Waals surface area contributed by atoms with Crippen molar-refractivity contribution in [2.45, 2.75) is 58.9 Å². The maximum absolute atomic E-state index is 3.39. The van der Waals surface area contributed by atoms with Crippen molar-refractivity contribution in [1.82, 2.24) is 10.2 Å². The summed E-state index contributed by atoms with van der Waals surface area (Å²) < 4.78 is 0. The van der Waals surface area contributed by atoms with Gasteiger partial charge in [0.25, 0.3) is 0 Å². The molecule has 96 valence electrons. The minimum absolute atomic E-state index is 0.547. The number of nitrogens with zero attached hydrogens (tertiary/aromatic N) is 1. The Morgan fingerprint density at radius 3 is 2.69 bits per heavy atom. The molecule has 1 N–H and O–H groups in total. The van der Waals surface area contributed by atoms with Gasteiger partial charge in [-0.15, -0.1) is 0 Å². The lowest BCUT2D eigenvalue weighted by Crippen LogP contribution is -2.40. The van der Waals surface area contributed by atoms with Crippen LogP contribution in [0.1, 0.15) is 52.9 Å². The standard InChI is InChI=1S/C14H30N2/c1-5-13(15-4)8-6-10-16-11-7-9-14(2,3)12-16/h13,15H,5-12H2,1-4H3. The largest absolute Gasteiger partial charge is 0.317 e. The molecule has 0 spiro atoms. The first-order valence-electron chi connectivity index (χ1n) is 6.97. The van der Waals surface area contributed by atoms with Crippen LogP contribution < -0.4 is 5.32 Å². The van der Waals surface area contributed by atoms with Crippen molar-refractivity contribution in [2.75, 3.05) is 26.7 Å². The van der Waals surface area contributed by atoms with Gasteiger partial charge in [-0.25, -0.2) is 0 Å². The van der Waals surface area contributed by atoms with E-state index in [2.05, 4.69) is 38.0 Å². The van der Waals surface area contributed by atoms with E-state index in [-0.39, 0.29) is 0 Å². The zero-order valence-corrected chi connectivity index (χ0v) is 11.7. The van der Waals surface area contributed by atoms with E-state index in [0.29, 0.717) is 5.41 Å². The lowest BCUT2D eigenvalue weighted by molar-refractivity contribution is 0.115. The van der Waals surface area contributed by atoms with Crippen LogP contribution in [0, 0.1) is 5.41 Å². The summed E-state index contributed by atoms with van der Waals surface area (Å²) in [6.07, 6.45) is 6.70. The fourth-order valence-corrected chi connectivity index (χ4v) is 2.85. The van der Waals surface area contributed by atoms with Crippen molar-refractivity contribution in [3.8, 4) is 0 Å². The Morgan fingerprint density at radius 2 is 2.12 bits per heavy atom. The second kappa shape index (κ2) is 6.61. The highest BCUT2D eigenvalue weighted by atomic mass is 15.1. The summed E-state index contributed by atoms with van der Waals surface area (Å²) >= 11 is 0. The summed E-state index contributed by atoms with van der Waals surface area (Å²) in [6, 6.07) is 0.720. The highest BCUT2D eigenvalue weighted by Gasteiger charge is 2.25. The summed E-state index contributed by atoms with van der Waals surface area (Å²) in [5.41, 5.74) is 0.547. The Morgan fingerprint density at radius 1 is 1.38 bits per heavy atom. The maximum Gasteiger partial charge on any atom is 0.00619 e. The second-order valence-electron chi connectivity index (χ2n) is 6.08. The predicted molar refractivity (Wildman–Crippen MR) is 71.8 cm³/mol. The van der Waals surface area contributed by atoms with Crippen molar-refractivity contribution in [2.24, 2.45) is 5.41 Å². The highest BCUT2D eigenvalue weighted by Crippen LogP contribution is 2.28.